The molecule has 0 unspecified atom stereocenters. The van der Waals surface area contributed by atoms with E-state index in [1.807, 2.05) is 12.1 Å². The second-order valence-corrected chi connectivity index (χ2v) is 3.86. The van der Waals surface area contributed by atoms with E-state index in [1.165, 1.54) is 6.42 Å². The molecule has 0 aromatic heterocycles. The van der Waals surface area contributed by atoms with Gasteiger partial charge in [0, 0.05) is 24.8 Å². The molecule has 1 fully saturated rings. The van der Waals surface area contributed by atoms with Crippen molar-refractivity contribution in [3.8, 4) is 5.75 Å². The van der Waals surface area contributed by atoms with Gasteiger partial charge in [-0.3, -0.25) is 0 Å². The Hall–Kier alpha value is -1.18. The van der Waals surface area contributed by atoms with Crippen LogP contribution in [0.15, 0.2) is 24.3 Å². The zero-order valence-corrected chi connectivity index (χ0v) is 7.90. The van der Waals surface area contributed by atoms with Crippen molar-refractivity contribution in [1.82, 2.24) is 0 Å². The van der Waals surface area contributed by atoms with Gasteiger partial charge in [-0.1, -0.05) is 13.0 Å². The number of aromatic hydroxyl groups is 1. The lowest BCUT2D eigenvalue weighted by Gasteiger charge is -2.17. The van der Waals surface area contributed by atoms with Gasteiger partial charge in [0.05, 0.1) is 0 Å². The van der Waals surface area contributed by atoms with Crippen molar-refractivity contribution >= 4 is 5.69 Å². The molecule has 70 valence electrons. The van der Waals surface area contributed by atoms with Crippen LogP contribution in [-0.4, -0.2) is 18.2 Å². The molecule has 13 heavy (non-hydrogen) atoms. The summed E-state index contributed by atoms with van der Waals surface area (Å²) >= 11 is 0. The van der Waals surface area contributed by atoms with Gasteiger partial charge in [0.25, 0.3) is 0 Å². The second-order valence-electron chi connectivity index (χ2n) is 3.86. The molecule has 1 aromatic rings. The molecule has 1 atom stereocenters. The first-order chi connectivity index (χ1) is 6.25. The maximum absolute atomic E-state index is 9.31. The summed E-state index contributed by atoms with van der Waals surface area (Å²) in [6.45, 7) is 4.50. The van der Waals surface area contributed by atoms with E-state index in [4.69, 9.17) is 0 Å². The summed E-state index contributed by atoms with van der Waals surface area (Å²) < 4.78 is 0. The highest BCUT2D eigenvalue weighted by molar-refractivity contribution is 5.50. The van der Waals surface area contributed by atoms with Crippen molar-refractivity contribution in [2.75, 3.05) is 18.0 Å². The number of benzene rings is 1. The summed E-state index contributed by atoms with van der Waals surface area (Å²) in [7, 11) is 0. The molecule has 0 bridgehead atoms. The monoisotopic (exact) mass is 177 g/mol. The van der Waals surface area contributed by atoms with Crippen LogP contribution in [0.3, 0.4) is 0 Å². The smallest absolute Gasteiger partial charge is 0.117 e. The Bertz CT molecular complexity index is 298. The molecular weight excluding hydrogens is 162 g/mol. The Labute approximate surface area is 78.8 Å². The summed E-state index contributed by atoms with van der Waals surface area (Å²) in [6, 6.07) is 7.49. The fourth-order valence-corrected chi connectivity index (χ4v) is 1.86. The average molecular weight is 177 g/mol. The van der Waals surface area contributed by atoms with E-state index in [0.717, 1.165) is 24.7 Å². The Morgan fingerprint density at radius 3 is 2.92 bits per heavy atom. The van der Waals surface area contributed by atoms with Gasteiger partial charge in [0.15, 0.2) is 0 Å². The molecule has 1 aliphatic rings. The van der Waals surface area contributed by atoms with Crippen molar-refractivity contribution in [3.63, 3.8) is 0 Å². The van der Waals surface area contributed by atoms with Crippen LogP contribution in [-0.2, 0) is 0 Å². The molecule has 1 N–H and O–H groups in total. The molecule has 1 heterocycles. The van der Waals surface area contributed by atoms with Gasteiger partial charge in [-0.15, -0.1) is 0 Å². The van der Waals surface area contributed by atoms with E-state index in [1.54, 1.807) is 6.07 Å². The van der Waals surface area contributed by atoms with Gasteiger partial charge in [-0.05, 0) is 24.5 Å². The van der Waals surface area contributed by atoms with E-state index >= 15 is 0 Å². The van der Waals surface area contributed by atoms with Crippen molar-refractivity contribution in [2.45, 2.75) is 13.3 Å². The second kappa shape index (κ2) is 3.29. The highest BCUT2D eigenvalue weighted by Crippen LogP contribution is 2.25. The van der Waals surface area contributed by atoms with E-state index in [0.29, 0.717) is 5.75 Å². The van der Waals surface area contributed by atoms with Gasteiger partial charge in [-0.25, -0.2) is 0 Å². The molecule has 0 aliphatic carbocycles. The molecule has 2 rings (SSSR count). The lowest BCUT2D eigenvalue weighted by molar-refractivity contribution is 0.475. The number of hydrogen-bond acceptors (Lipinski definition) is 2. The van der Waals surface area contributed by atoms with Crippen molar-refractivity contribution < 1.29 is 5.11 Å². The number of phenolic OH excluding ortho intramolecular Hbond substituents is 1. The van der Waals surface area contributed by atoms with Gasteiger partial charge >= 0.3 is 0 Å². The molecule has 0 radical (unpaired) electrons. The van der Waals surface area contributed by atoms with E-state index in [2.05, 4.69) is 17.9 Å². The van der Waals surface area contributed by atoms with Crippen LogP contribution in [0.5, 0.6) is 5.75 Å². The van der Waals surface area contributed by atoms with E-state index in [9.17, 15) is 5.11 Å². The van der Waals surface area contributed by atoms with Gasteiger partial charge < -0.3 is 10.0 Å². The predicted octanol–water partition coefficient (Wildman–Crippen LogP) is 2.24. The summed E-state index contributed by atoms with van der Waals surface area (Å²) in [5.41, 5.74) is 1.14. The maximum Gasteiger partial charge on any atom is 0.117 e. The minimum Gasteiger partial charge on any atom is -0.508 e. The molecule has 1 saturated heterocycles. The molecule has 2 heteroatoms. The first-order valence-corrected chi connectivity index (χ1v) is 4.79. The maximum atomic E-state index is 9.31. The van der Waals surface area contributed by atoms with E-state index in [-0.39, 0.29) is 0 Å². The molecule has 0 amide bonds. The highest BCUT2D eigenvalue weighted by Gasteiger charge is 2.18. The Morgan fingerprint density at radius 2 is 2.31 bits per heavy atom. The van der Waals surface area contributed by atoms with Crippen LogP contribution < -0.4 is 4.90 Å². The molecule has 1 aliphatic heterocycles. The largest absolute Gasteiger partial charge is 0.508 e. The SMILES string of the molecule is C[C@H]1CCN(c2cccc(O)c2)C1. The number of rotatable bonds is 1. The van der Waals surface area contributed by atoms with Crippen molar-refractivity contribution in [2.24, 2.45) is 5.92 Å². The van der Waals surface area contributed by atoms with Crippen LogP contribution in [0.2, 0.25) is 0 Å². The zero-order chi connectivity index (χ0) is 9.26. The summed E-state index contributed by atoms with van der Waals surface area (Å²) in [5.74, 6) is 1.14. The number of hydrogen-bond donors (Lipinski definition) is 1. The summed E-state index contributed by atoms with van der Waals surface area (Å²) in [6.07, 6.45) is 1.26. The highest BCUT2D eigenvalue weighted by atomic mass is 16.3. The van der Waals surface area contributed by atoms with Crippen LogP contribution in [0, 0.1) is 5.92 Å². The fourth-order valence-electron chi connectivity index (χ4n) is 1.86. The number of anilines is 1. The van der Waals surface area contributed by atoms with Crippen LogP contribution in [0.25, 0.3) is 0 Å². The van der Waals surface area contributed by atoms with Gasteiger partial charge in [0.2, 0.25) is 0 Å². The standard InChI is InChI=1S/C11H15NO/c1-9-5-6-12(8-9)10-3-2-4-11(13)7-10/h2-4,7,9,13H,5-6,8H2,1H3/t9-/m0/s1. The predicted molar refractivity (Wildman–Crippen MR) is 54.1 cm³/mol. The van der Waals surface area contributed by atoms with E-state index < -0.39 is 0 Å². The minimum absolute atomic E-state index is 0.358. The Kier molecular flexibility index (Phi) is 2.13. The third-order valence-electron chi connectivity index (χ3n) is 2.62. The lowest BCUT2D eigenvalue weighted by atomic mass is 10.2. The molecular formula is C11H15NO. The Morgan fingerprint density at radius 1 is 1.46 bits per heavy atom. The lowest BCUT2D eigenvalue weighted by Crippen LogP contribution is -2.18. The van der Waals surface area contributed by atoms with Crippen LogP contribution in [0.4, 0.5) is 5.69 Å². The molecule has 1 aromatic carbocycles. The van der Waals surface area contributed by atoms with Gasteiger partial charge in [-0.2, -0.15) is 0 Å². The molecule has 0 spiro atoms. The van der Waals surface area contributed by atoms with Gasteiger partial charge in [0.1, 0.15) is 5.75 Å². The first kappa shape index (κ1) is 8.42. The summed E-state index contributed by atoms with van der Waals surface area (Å²) in [4.78, 5) is 2.32. The normalized spacial score (nSPS) is 22.2. The number of phenols is 1. The molecule has 2 nitrogen and oxygen atoms in total. The third kappa shape index (κ3) is 1.77. The summed E-state index contributed by atoms with van der Waals surface area (Å²) in [5, 5.41) is 9.31. The fraction of sp³-hybridized carbons (Fsp3) is 0.455. The minimum atomic E-state index is 0.358. The van der Waals surface area contributed by atoms with Crippen molar-refractivity contribution in [1.29, 1.82) is 0 Å². The number of nitrogens with zero attached hydrogens (tertiary/aromatic N) is 1. The zero-order valence-electron chi connectivity index (χ0n) is 7.90. The van der Waals surface area contributed by atoms with Crippen molar-refractivity contribution in [3.05, 3.63) is 24.3 Å². The Balaban J connectivity index is 2.16. The van der Waals surface area contributed by atoms with Crippen LogP contribution >= 0.6 is 0 Å². The third-order valence-corrected chi connectivity index (χ3v) is 2.62. The van der Waals surface area contributed by atoms with Crippen LogP contribution in [0.1, 0.15) is 13.3 Å². The topological polar surface area (TPSA) is 23.5 Å². The average Bonchev–Trinajstić information content (AvgIpc) is 2.52. The first-order valence-electron chi connectivity index (χ1n) is 4.79. The molecule has 0 saturated carbocycles. The quantitative estimate of drug-likeness (QED) is 0.711.